The molecule has 1 amide bonds. The molecule has 0 spiro atoms. The van der Waals surface area contributed by atoms with Gasteiger partial charge in [0.15, 0.2) is 0 Å². The maximum Gasteiger partial charge on any atom is 0.326 e. The van der Waals surface area contributed by atoms with E-state index in [1.807, 2.05) is 30.3 Å². The van der Waals surface area contributed by atoms with Gasteiger partial charge in [0.05, 0.1) is 11.6 Å². The molecule has 0 saturated carbocycles. The lowest BCUT2D eigenvalue weighted by molar-refractivity contribution is -0.141. The molecule has 0 radical (unpaired) electrons. The third-order valence-electron chi connectivity index (χ3n) is 3.50. The smallest absolute Gasteiger partial charge is 0.326 e. The van der Waals surface area contributed by atoms with Gasteiger partial charge in [-0.25, -0.2) is 4.79 Å². The van der Waals surface area contributed by atoms with Crippen LogP contribution in [0.3, 0.4) is 0 Å². The largest absolute Gasteiger partial charge is 0.496 e. The first-order valence-electron chi connectivity index (χ1n) is 7.58. The van der Waals surface area contributed by atoms with E-state index in [2.05, 4.69) is 21.2 Å². The third-order valence-corrected chi connectivity index (χ3v) is 4.12. The maximum absolute atomic E-state index is 12.0. The molecule has 2 N–H and O–H groups in total. The van der Waals surface area contributed by atoms with Crippen LogP contribution in [-0.2, 0) is 16.0 Å². The molecule has 0 aliphatic heterocycles. The zero-order chi connectivity index (χ0) is 18.2. The lowest BCUT2D eigenvalue weighted by atomic mass is 10.1. The van der Waals surface area contributed by atoms with Gasteiger partial charge in [0.1, 0.15) is 11.8 Å². The fourth-order valence-corrected chi connectivity index (χ4v) is 2.79. The fourth-order valence-electron chi connectivity index (χ4n) is 2.23. The Kier molecular flexibility index (Phi) is 6.77. The highest BCUT2D eigenvalue weighted by Gasteiger charge is 2.19. The average Bonchev–Trinajstić information content (AvgIpc) is 2.60. The Labute approximate surface area is 154 Å². The van der Waals surface area contributed by atoms with Gasteiger partial charge in [-0.3, -0.25) is 4.79 Å². The van der Waals surface area contributed by atoms with Crippen LogP contribution in [0, 0.1) is 0 Å². The molecule has 2 aromatic rings. The Morgan fingerprint density at radius 2 is 1.96 bits per heavy atom. The summed E-state index contributed by atoms with van der Waals surface area (Å²) in [4.78, 5) is 23.4. The van der Waals surface area contributed by atoms with E-state index in [1.165, 1.54) is 6.08 Å². The van der Waals surface area contributed by atoms with E-state index < -0.39 is 17.9 Å². The van der Waals surface area contributed by atoms with Gasteiger partial charge in [0.25, 0.3) is 0 Å². The molecule has 0 saturated heterocycles. The summed E-state index contributed by atoms with van der Waals surface area (Å²) in [5.41, 5.74) is 1.64. The molecule has 130 valence electrons. The summed E-state index contributed by atoms with van der Waals surface area (Å²) in [7, 11) is 1.57. The molecule has 1 atom stereocenters. The minimum Gasteiger partial charge on any atom is -0.496 e. The number of ether oxygens (including phenoxy) is 1. The van der Waals surface area contributed by atoms with Gasteiger partial charge < -0.3 is 15.2 Å². The average molecular weight is 404 g/mol. The fraction of sp³-hybridized carbons (Fsp3) is 0.158. The Morgan fingerprint density at radius 3 is 2.56 bits per heavy atom. The van der Waals surface area contributed by atoms with Gasteiger partial charge in [-0.15, -0.1) is 0 Å². The van der Waals surface area contributed by atoms with Gasteiger partial charge in [0, 0.05) is 12.5 Å². The molecule has 0 heterocycles. The number of methoxy groups -OCH3 is 1. The van der Waals surface area contributed by atoms with Crippen LogP contribution in [0.2, 0.25) is 0 Å². The molecular formula is C19H18BrNO4. The number of carboxylic acid groups (broad SMARTS) is 1. The molecule has 2 rings (SSSR count). The summed E-state index contributed by atoms with van der Waals surface area (Å²) in [6.45, 7) is 0. The molecule has 5 nitrogen and oxygen atoms in total. The standard InChI is InChI=1S/C19H18BrNO4/c1-25-17-9-7-14(11-15(17)20)8-10-18(22)21-16(19(23)24)12-13-5-3-2-4-6-13/h2-11,16H,12H2,1H3,(H,21,22)(H,23,24)/b10-8+. The van der Waals surface area contributed by atoms with Crippen LogP contribution >= 0.6 is 15.9 Å². The Morgan fingerprint density at radius 1 is 1.24 bits per heavy atom. The SMILES string of the molecule is COc1ccc(/C=C/C(=O)NC(Cc2ccccc2)C(=O)O)cc1Br. The van der Waals surface area contributed by atoms with Crippen molar-refractivity contribution in [3.05, 3.63) is 70.2 Å². The van der Waals surface area contributed by atoms with E-state index in [-0.39, 0.29) is 6.42 Å². The first-order valence-corrected chi connectivity index (χ1v) is 8.37. The van der Waals surface area contributed by atoms with Crippen molar-refractivity contribution in [2.24, 2.45) is 0 Å². The molecule has 6 heteroatoms. The highest BCUT2D eigenvalue weighted by atomic mass is 79.9. The number of rotatable bonds is 7. The topological polar surface area (TPSA) is 75.6 Å². The first kappa shape index (κ1) is 18.7. The van der Waals surface area contributed by atoms with Crippen LogP contribution in [0.25, 0.3) is 6.08 Å². The molecule has 25 heavy (non-hydrogen) atoms. The second-order valence-electron chi connectivity index (χ2n) is 5.32. The predicted octanol–water partition coefficient (Wildman–Crippen LogP) is 3.28. The van der Waals surface area contributed by atoms with Crippen LogP contribution < -0.4 is 10.1 Å². The molecule has 2 aromatic carbocycles. The zero-order valence-electron chi connectivity index (χ0n) is 13.6. The quantitative estimate of drug-likeness (QED) is 0.695. The second kappa shape index (κ2) is 9.03. The van der Waals surface area contributed by atoms with Crippen molar-refractivity contribution in [1.82, 2.24) is 5.32 Å². The van der Waals surface area contributed by atoms with Crippen LogP contribution in [0.4, 0.5) is 0 Å². The van der Waals surface area contributed by atoms with E-state index >= 15 is 0 Å². The summed E-state index contributed by atoms with van der Waals surface area (Å²) >= 11 is 3.37. The Hall–Kier alpha value is -2.60. The minimum atomic E-state index is -1.07. The number of hydrogen-bond donors (Lipinski definition) is 2. The van der Waals surface area contributed by atoms with Crippen LogP contribution in [-0.4, -0.2) is 30.1 Å². The Bertz CT molecular complexity index is 774. The number of carboxylic acids is 1. The zero-order valence-corrected chi connectivity index (χ0v) is 15.2. The molecule has 0 aromatic heterocycles. The number of nitrogens with one attached hydrogen (secondary N) is 1. The van der Waals surface area contributed by atoms with Crippen LogP contribution in [0.15, 0.2) is 59.1 Å². The van der Waals surface area contributed by atoms with Gasteiger partial charge in [0.2, 0.25) is 5.91 Å². The third kappa shape index (κ3) is 5.76. The van der Waals surface area contributed by atoms with Gasteiger partial charge in [-0.2, -0.15) is 0 Å². The van der Waals surface area contributed by atoms with Crippen LogP contribution in [0.5, 0.6) is 5.75 Å². The van der Waals surface area contributed by atoms with Crippen LogP contribution in [0.1, 0.15) is 11.1 Å². The number of carbonyl (C=O) groups is 2. The van der Waals surface area contributed by atoms with E-state index in [4.69, 9.17) is 4.74 Å². The molecule has 0 aliphatic carbocycles. The number of benzene rings is 2. The predicted molar refractivity (Wildman–Crippen MR) is 99.4 cm³/mol. The molecule has 0 fully saturated rings. The number of amides is 1. The van der Waals surface area contributed by atoms with E-state index in [9.17, 15) is 14.7 Å². The molecule has 1 unspecified atom stereocenters. The highest BCUT2D eigenvalue weighted by Crippen LogP contribution is 2.25. The minimum absolute atomic E-state index is 0.226. The highest BCUT2D eigenvalue weighted by molar-refractivity contribution is 9.10. The summed E-state index contributed by atoms with van der Waals surface area (Å²) < 4.78 is 5.91. The van der Waals surface area contributed by atoms with Crippen molar-refractivity contribution in [2.75, 3.05) is 7.11 Å². The first-order chi connectivity index (χ1) is 12.0. The van der Waals surface area contributed by atoms with Crippen molar-refractivity contribution in [1.29, 1.82) is 0 Å². The summed E-state index contributed by atoms with van der Waals surface area (Å²) in [5.74, 6) is -0.844. The van der Waals surface area contributed by atoms with Crippen molar-refractivity contribution < 1.29 is 19.4 Å². The Balaban J connectivity index is 2.01. The molecule has 0 bridgehead atoms. The maximum atomic E-state index is 12.0. The molecule has 0 aliphatic rings. The summed E-state index contributed by atoms with van der Waals surface area (Å²) in [6, 6.07) is 13.6. The van der Waals surface area contributed by atoms with Gasteiger partial charge in [-0.1, -0.05) is 36.4 Å². The normalized spacial score (nSPS) is 11.9. The van der Waals surface area contributed by atoms with E-state index in [1.54, 1.807) is 31.4 Å². The number of halogens is 1. The lowest BCUT2D eigenvalue weighted by Crippen LogP contribution is -2.41. The number of aliphatic carboxylic acids is 1. The second-order valence-corrected chi connectivity index (χ2v) is 6.17. The van der Waals surface area contributed by atoms with Gasteiger partial charge in [-0.05, 0) is 45.3 Å². The van der Waals surface area contributed by atoms with Crippen molar-refractivity contribution in [3.8, 4) is 5.75 Å². The number of carbonyl (C=O) groups excluding carboxylic acids is 1. The number of hydrogen-bond acceptors (Lipinski definition) is 3. The molecular weight excluding hydrogens is 386 g/mol. The van der Waals surface area contributed by atoms with Gasteiger partial charge >= 0.3 is 5.97 Å². The van der Waals surface area contributed by atoms with E-state index in [0.717, 1.165) is 15.6 Å². The van der Waals surface area contributed by atoms with Crippen molar-refractivity contribution in [2.45, 2.75) is 12.5 Å². The monoisotopic (exact) mass is 403 g/mol. The summed E-state index contributed by atoms with van der Waals surface area (Å²) in [6.07, 6.45) is 3.15. The summed E-state index contributed by atoms with van der Waals surface area (Å²) in [5, 5.41) is 11.8. The lowest BCUT2D eigenvalue weighted by Gasteiger charge is -2.13. The van der Waals surface area contributed by atoms with Crippen molar-refractivity contribution in [3.63, 3.8) is 0 Å². The van der Waals surface area contributed by atoms with E-state index in [0.29, 0.717) is 5.75 Å². The van der Waals surface area contributed by atoms with Crippen molar-refractivity contribution >= 4 is 33.9 Å².